The molecule has 0 saturated carbocycles. The summed E-state index contributed by atoms with van der Waals surface area (Å²) in [7, 11) is 0. The third kappa shape index (κ3) is 4.70. The highest BCUT2D eigenvalue weighted by Gasteiger charge is 2.17. The standard InChI is InChI=1S/C12H16N2O4S/c1-3-14(7-6-11(16)17)12(18)9-4-5-10(19-9)13-8(2)15/h4-5H,3,6-7H2,1-2H3,(H,13,15)(H,16,17). The lowest BCUT2D eigenvalue weighted by molar-refractivity contribution is -0.137. The van der Waals surface area contributed by atoms with E-state index in [4.69, 9.17) is 5.11 Å². The predicted molar refractivity (Wildman–Crippen MR) is 72.5 cm³/mol. The lowest BCUT2D eigenvalue weighted by Crippen LogP contribution is -2.32. The fraction of sp³-hybridized carbons (Fsp3) is 0.417. The Kier molecular flexibility index (Phi) is 5.50. The lowest BCUT2D eigenvalue weighted by atomic mass is 10.3. The zero-order valence-electron chi connectivity index (χ0n) is 10.8. The van der Waals surface area contributed by atoms with E-state index in [1.807, 2.05) is 0 Å². The maximum absolute atomic E-state index is 12.1. The van der Waals surface area contributed by atoms with Crippen LogP contribution in [0, 0.1) is 0 Å². The summed E-state index contributed by atoms with van der Waals surface area (Å²) < 4.78 is 0. The van der Waals surface area contributed by atoms with E-state index in [1.165, 1.54) is 23.2 Å². The molecule has 1 heterocycles. The molecule has 0 radical (unpaired) electrons. The van der Waals surface area contributed by atoms with Gasteiger partial charge >= 0.3 is 5.97 Å². The van der Waals surface area contributed by atoms with Gasteiger partial charge in [0.1, 0.15) is 0 Å². The summed E-state index contributed by atoms with van der Waals surface area (Å²) >= 11 is 1.18. The Labute approximate surface area is 115 Å². The summed E-state index contributed by atoms with van der Waals surface area (Å²) in [6.07, 6.45) is -0.0799. The summed E-state index contributed by atoms with van der Waals surface area (Å²) in [5.74, 6) is -1.35. The molecule has 19 heavy (non-hydrogen) atoms. The van der Waals surface area contributed by atoms with Gasteiger partial charge in [0.2, 0.25) is 5.91 Å². The van der Waals surface area contributed by atoms with Gasteiger partial charge in [0.25, 0.3) is 5.91 Å². The average molecular weight is 284 g/mol. The van der Waals surface area contributed by atoms with Crippen LogP contribution in [0.25, 0.3) is 0 Å². The number of thiophene rings is 1. The molecule has 0 aromatic carbocycles. The fourth-order valence-corrected chi connectivity index (χ4v) is 2.40. The third-order valence-corrected chi connectivity index (χ3v) is 3.37. The molecule has 1 aromatic rings. The smallest absolute Gasteiger partial charge is 0.305 e. The number of nitrogens with one attached hydrogen (secondary N) is 1. The summed E-state index contributed by atoms with van der Waals surface area (Å²) in [4.78, 5) is 35.5. The van der Waals surface area contributed by atoms with Crippen molar-refractivity contribution in [3.05, 3.63) is 17.0 Å². The Hall–Kier alpha value is -1.89. The maximum atomic E-state index is 12.1. The number of carboxylic acids is 1. The number of carboxylic acid groups (broad SMARTS) is 1. The number of hydrogen-bond donors (Lipinski definition) is 2. The van der Waals surface area contributed by atoms with Crippen LogP contribution in [-0.2, 0) is 9.59 Å². The molecule has 6 nitrogen and oxygen atoms in total. The average Bonchev–Trinajstić information content (AvgIpc) is 2.76. The molecule has 2 amide bonds. The largest absolute Gasteiger partial charge is 0.481 e. The van der Waals surface area contributed by atoms with Gasteiger partial charge in [0, 0.05) is 20.0 Å². The van der Waals surface area contributed by atoms with Crippen LogP contribution in [0.3, 0.4) is 0 Å². The van der Waals surface area contributed by atoms with E-state index in [-0.39, 0.29) is 24.8 Å². The highest BCUT2D eigenvalue weighted by Crippen LogP contribution is 2.23. The van der Waals surface area contributed by atoms with E-state index in [0.717, 1.165) is 0 Å². The molecular weight excluding hydrogens is 268 g/mol. The highest BCUT2D eigenvalue weighted by atomic mass is 32.1. The molecule has 0 aliphatic rings. The number of hydrogen-bond acceptors (Lipinski definition) is 4. The minimum Gasteiger partial charge on any atom is -0.481 e. The van der Waals surface area contributed by atoms with E-state index in [0.29, 0.717) is 16.4 Å². The van der Waals surface area contributed by atoms with Crippen molar-refractivity contribution >= 4 is 34.1 Å². The molecule has 0 atom stereocenters. The lowest BCUT2D eigenvalue weighted by Gasteiger charge is -2.18. The van der Waals surface area contributed by atoms with Crippen molar-refractivity contribution in [3.63, 3.8) is 0 Å². The molecule has 1 rings (SSSR count). The maximum Gasteiger partial charge on any atom is 0.305 e. The van der Waals surface area contributed by atoms with Gasteiger partial charge in [0.15, 0.2) is 0 Å². The molecule has 0 saturated heterocycles. The van der Waals surface area contributed by atoms with Crippen molar-refractivity contribution in [1.29, 1.82) is 0 Å². The summed E-state index contributed by atoms with van der Waals surface area (Å²) in [5, 5.41) is 11.8. The van der Waals surface area contributed by atoms with Crippen molar-refractivity contribution in [2.45, 2.75) is 20.3 Å². The van der Waals surface area contributed by atoms with Gasteiger partial charge in [-0.2, -0.15) is 0 Å². The predicted octanol–water partition coefficient (Wildman–Crippen LogP) is 1.64. The Morgan fingerprint density at radius 3 is 2.58 bits per heavy atom. The number of nitrogens with zero attached hydrogens (tertiary/aromatic N) is 1. The van der Waals surface area contributed by atoms with E-state index in [2.05, 4.69) is 5.32 Å². The monoisotopic (exact) mass is 284 g/mol. The second-order valence-corrected chi connectivity index (χ2v) is 4.96. The summed E-state index contributed by atoms with van der Waals surface area (Å²) in [6, 6.07) is 3.28. The molecule has 0 spiro atoms. The van der Waals surface area contributed by atoms with Gasteiger partial charge in [-0.05, 0) is 19.1 Å². The van der Waals surface area contributed by atoms with Crippen LogP contribution in [0.5, 0.6) is 0 Å². The SMILES string of the molecule is CCN(CCC(=O)O)C(=O)c1ccc(NC(C)=O)s1. The van der Waals surface area contributed by atoms with Crippen molar-refractivity contribution in [2.24, 2.45) is 0 Å². The normalized spacial score (nSPS) is 10.0. The van der Waals surface area contributed by atoms with Crippen LogP contribution in [0.1, 0.15) is 29.9 Å². The Morgan fingerprint density at radius 2 is 2.05 bits per heavy atom. The molecule has 0 unspecified atom stereocenters. The Morgan fingerprint density at radius 1 is 1.37 bits per heavy atom. The number of aliphatic carboxylic acids is 1. The fourth-order valence-electron chi connectivity index (χ4n) is 1.48. The third-order valence-electron chi connectivity index (χ3n) is 2.38. The van der Waals surface area contributed by atoms with Crippen LogP contribution in [0.15, 0.2) is 12.1 Å². The van der Waals surface area contributed by atoms with Gasteiger partial charge < -0.3 is 15.3 Å². The topological polar surface area (TPSA) is 86.7 Å². The molecule has 104 valence electrons. The Balaban J connectivity index is 2.71. The molecule has 0 aliphatic carbocycles. The Bertz CT molecular complexity index is 484. The van der Waals surface area contributed by atoms with Crippen molar-refractivity contribution in [2.75, 3.05) is 18.4 Å². The molecule has 1 aromatic heterocycles. The number of carbonyl (C=O) groups is 3. The minimum absolute atomic E-state index is 0.0799. The van der Waals surface area contributed by atoms with Gasteiger partial charge in [-0.3, -0.25) is 14.4 Å². The first kappa shape index (κ1) is 15.2. The molecule has 0 bridgehead atoms. The van der Waals surface area contributed by atoms with E-state index in [9.17, 15) is 14.4 Å². The first-order chi connectivity index (χ1) is 8.93. The molecular formula is C12H16N2O4S. The quantitative estimate of drug-likeness (QED) is 0.831. The van der Waals surface area contributed by atoms with Crippen LogP contribution in [-0.4, -0.2) is 40.9 Å². The zero-order chi connectivity index (χ0) is 14.4. The van der Waals surface area contributed by atoms with Crippen LogP contribution >= 0.6 is 11.3 Å². The molecule has 0 fully saturated rings. The second kappa shape index (κ2) is 6.89. The number of amides is 2. The van der Waals surface area contributed by atoms with Gasteiger partial charge in [-0.1, -0.05) is 0 Å². The minimum atomic E-state index is -0.934. The highest BCUT2D eigenvalue weighted by molar-refractivity contribution is 7.18. The molecule has 2 N–H and O–H groups in total. The van der Waals surface area contributed by atoms with Crippen molar-refractivity contribution < 1.29 is 19.5 Å². The molecule has 0 aliphatic heterocycles. The summed E-state index contributed by atoms with van der Waals surface area (Å²) in [5.41, 5.74) is 0. The molecule has 7 heteroatoms. The van der Waals surface area contributed by atoms with Crippen LogP contribution in [0.2, 0.25) is 0 Å². The number of rotatable bonds is 6. The van der Waals surface area contributed by atoms with Crippen molar-refractivity contribution in [1.82, 2.24) is 4.90 Å². The first-order valence-electron chi connectivity index (χ1n) is 5.82. The number of anilines is 1. The zero-order valence-corrected chi connectivity index (χ0v) is 11.6. The van der Waals surface area contributed by atoms with Crippen LogP contribution in [0.4, 0.5) is 5.00 Å². The first-order valence-corrected chi connectivity index (χ1v) is 6.64. The van der Waals surface area contributed by atoms with E-state index >= 15 is 0 Å². The van der Waals surface area contributed by atoms with Gasteiger partial charge in [-0.25, -0.2) is 0 Å². The number of carbonyl (C=O) groups excluding carboxylic acids is 2. The second-order valence-electron chi connectivity index (χ2n) is 3.87. The van der Waals surface area contributed by atoms with Crippen molar-refractivity contribution in [3.8, 4) is 0 Å². The van der Waals surface area contributed by atoms with Crippen LogP contribution < -0.4 is 5.32 Å². The van der Waals surface area contributed by atoms with E-state index in [1.54, 1.807) is 19.1 Å². The summed E-state index contributed by atoms with van der Waals surface area (Å²) in [6.45, 7) is 3.81. The van der Waals surface area contributed by atoms with Gasteiger partial charge in [0.05, 0.1) is 16.3 Å². The van der Waals surface area contributed by atoms with E-state index < -0.39 is 5.97 Å². The van der Waals surface area contributed by atoms with Gasteiger partial charge in [-0.15, -0.1) is 11.3 Å².